The van der Waals surface area contributed by atoms with Crippen molar-refractivity contribution in [3.05, 3.63) is 23.8 Å². The number of hydrogen-bond acceptors (Lipinski definition) is 4. The topological polar surface area (TPSA) is 44.8 Å². The molecular weight excluding hydrogens is 184 g/mol. The van der Waals surface area contributed by atoms with Gasteiger partial charge in [-0.05, 0) is 18.2 Å². The Morgan fingerprint density at radius 1 is 1.29 bits per heavy atom. The van der Waals surface area contributed by atoms with Gasteiger partial charge in [0, 0.05) is 19.8 Å². The van der Waals surface area contributed by atoms with Crippen LogP contribution in [0.15, 0.2) is 18.2 Å². The molecule has 0 amide bonds. The lowest BCUT2D eigenvalue weighted by Gasteiger charge is -1.94. The molecule has 0 aromatic heterocycles. The lowest BCUT2D eigenvalue weighted by atomic mass is 10.2. The second-order valence-corrected chi connectivity index (χ2v) is 2.64. The van der Waals surface area contributed by atoms with Crippen molar-refractivity contribution in [1.29, 1.82) is 0 Å². The van der Waals surface area contributed by atoms with Crippen LogP contribution in [-0.2, 0) is 4.74 Å². The molecule has 1 aromatic carbocycles. The van der Waals surface area contributed by atoms with Crippen LogP contribution < -0.4 is 9.47 Å². The van der Waals surface area contributed by atoms with Gasteiger partial charge in [0.05, 0.1) is 0 Å². The summed E-state index contributed by atoms with van der Waals surface area (Å²) < 4.78 is 14.4. The quantitative estimate of drug-likeness (QED) is 0.638. The smallest absolute Gasteiger partial charge is 0.231 e. The minimum absolute atomic E-state index is 0.248. The van der Waals surface area contributed by atoms with Crippen LogP contribution in [0.5, 0.6) is 11.5 Å². The molecule has 4 heteroatoms. The van der Waals surface area contributed by atoms with E-state index < -0.39 is 0 Å². The summed E-state index contributed by atoms with van der Waals surface area (Å²) >= 11 is 0. The first-order valence-electron chi connectivity index (χ1n) is 4.06. The standard InChI is InChI=1S/C8H6O3.C2H6O/c9-4-6-1-2-7-8(3-6)11-5-10-7;1-3-2/h1-4H,5H2;1-2H3. The van der Waals surface area contributed by atoms with E-state index >= 15 is 0 Å². The molecule has 0 bridgehead atoms. The van der Waals surface area contributed by atoms with Crippen LogP contribution in [0.1, 0.15) is 10.4 Å². The van der Waals surface area contributed by atoms with Crippen molar-refractivity contribution in [1.82, 2.24) is 0 Å². The first kappa shape index (κ1) is 10.5. The van der Waals surface area contributed by atoms with Crippen LogP contribution in [0, 0.1) is 0 Å². The van der Waals surface area contributed by atoms with Crippen molar-refractivity contribution in [2.45, 2.75) is 0 Å². The number of carbonyl (C=O) groups excluding carboxylic acids is 1. The van der Waals surface area contributed by atoms with Crippen LogP contribution in [0.3, 0.4) is 0 Å². The molecule has 0 N–H and O–H groups in total. The van der Waals surface area contributed by atoms with Gasteiger partial charge in [0.15, 0.2) is 11.5 Å². The lowest BCUT2D eigenvalue weighted by Crippen LogP contribution is -1.92. The molecule has 0 saturated heterocycles. The molecule has 0 spiro atoms. The minimum Gasteiger partial charge on any atom is -0.454 e. The summed E-state index contributed by atoms with van der Waals surface area (Å²) in [4.78, 5) is 10.3. The van der Waals surface area contributed by atoms with E-state index in [9.17, 15) is 4.79 Å². The third kappa shape index (κ3) is 2.47. The fourth-order valence-corrected chi connectivity index (χ4v) is 0.986. The molecule has 0 saturated carbocycles. The van der Waals surface area contributed by atoms with Crippen molar-refractivity contribution in [2.75, 3.05) is 21.0 Å². The van der Waals surface area contributed by atoms with Crippen LogP contribution in [-0.4, -0.2) is 27.3 Å². The number of hydrogen-bond donors (Lipinski definition) is 0. The van der Waals surface area contributed by atoms with Gasteiger partial charge >= 0.3 is 0 Å². The Kier molecular flexibility index (Phi) is 3.94. The molecule has 0 unspecified atom stereocenters. The van der Waals surface area contributed by atoms with Gasteiger partial charge in [-0.3, -0.25) is 4.79 Å². The third-order valence-corrected chi connectivity index (χ3v) is 1.53. The maximum absolute atomic E-state index is 10.3. The summed E-state index contributed by atoms with van der Waals surface area (Å²) in [5, 5.41) is 0. The van der Waals surface area contributed by atoms with Gasteiger partial charge in [0.25, 0.3) is 0 Å². The Morgan fingerprint density at radius 2 is 1.93 bits per heavy atom. The molecule has 1 aliphatic heterocycles. The van der Waals surface area contributed by atoms with Crippen LogP contribution in [0.25, 0.3) is 0 Å². The molecule has 1 aliphatic rings. The Morgan fingerprint density at radius 3 is 2.57 bits per heavy atom. The van der Waals surface area contributed by atoms with E-state index in [-0.39, 0.29) is 6.79 Å². The zero-order valence-electron chi connectivity index (χ0n) is 8.15. The number of aldehydes is 1. The highest BCUT2D eigenvalue weighted by molar-refractivity contribution is 5.76. The van der Waals surface area contributed by atoms with Crippen molar-refractivity contribution >= 4 is 6.29 Å². The zero-order chi connectivity index (χ0) is 10.4. The molecular formula is C10H12O4. The monoisotopic (exact) mass is 196 g/mol. The Hall–Kier alpha value is -1.55. The summed E-state index contributed by atoms with van der Waals surface area (Å²) in [6.45, 7) is 0.248. The zero-order valence-corrected chi connectivity index (χ0v) is 8.15. The fourth-order valence-electron chi connectivity index (χ4n) is 0.986. The van der Waals surface area contributed by atoms with Crippen molar-refractivity contribution in [3.8, 4) is 11.5 Å². The number of fused-ring (bicyclic) bond motifs is 1. The minimum atomic E-state index is 0.248. The maximum atomic E-state index is 10.3. The molecule has 1 aromatic rings. The van der Waals surface area contributed by atoms with Gasteiger partial charge in [-0.25, -0.2) is 0 Å². The van der Waals surface area contributed by atoms with Gasteiger partial charge in [-0.1, -0.05) is 0 Å². The van der Waals surface area contributed by atoms with E-state index in [1.54, 1.807) is 32.4 Å². The largest absolute Gasteiger partial charge is 0.454 e. The summed E-state index contributed by atoms with van der Waals surface area (Å²) in [6, 6.07) is 5.09. The van der Waals surface area contributed by atoms with Crippen molar-refractivity contribution in [2.24, 2.45) is 0 Å². The SMILES string of the molecule is COC.O=Cc1ccc2c(c1)OCO2. The lowest BCUT2D eigenvalue weighted by molar-refractivity contribution is 0.112. The van der Waals surface area contributed by atoms with Crippen molar-refractivity contribution in [3.63, 3.8) is 0 Å². The van der Waals surface area contributed by atoms with Gasteiger partial charge < -0.3 is 14.2 Å². The average Bonchev–Trinajstić information content (AvgIpc) is 2.65. The Balaban J connectivity index is 0.000000293. The number of benzene rings is 1. The number of rotatable bonds is 1. The Bertz CT molecular complexity index is 309. The molecule has 4 nitrogen and oxygen atoms in total. The molecule has 0 radical (unpaired) electrons. The predicted molar refractivity (Wildman–Crippen MR) is 50.9 cm³/mol. The first-order chi connectivity index (χ1) is 6.81. The van der Waals surface area contributed by atoms with Gasteiger partial charge in [0.1, 0.15) is 6.29 Å². The molecule has 1 heterocycles. The van der Waals surface area contributed by atoms with E-state index in [2.05, 4.69) is 4.74 Å². The molecule has 0 aliphatic carbocycles. The number of methoxy groups -OCH3 is 1. The Labute approximate surface area is 82.4 Å². The van der Waals surface area contributed by atoms with E-state index in [1.807, 2.05) is 0 Å². The average molecular weight is 196 g/mol. The molecule has 0 atom stereocenters. The summed E-state index contributed by atoms with van der Waals surface area (Å²) in [5.74, 6) is 1.35. The van der Waals surface area contributed by atoms with Crippen LogP contribution in [0.2, 0.25) is 0 Å². The summed E-state index contributed by atoms with van der Waals surface area (Å²) in [5.41, 5.74) is 0.606. The van der Waals surface area contributed by atoms with Crippen LogP contribution >= 0.6 is 0 Å². The fraction of sp³-hybridized carbons (Fsp3) is 0.300. The summed E-state index contributed by atoms with van der Waals surface area (Å²) in [6.07, 6.45) is 0.780. The predicted octanol–water partition coefficient (Wildman–Crippen LogP) is 1.49. The number of carbonyl (C=O) groups is 1. The van der Waals surface area contributed by atoms with Crippen molar-refractivity contribution < 1.29 is 19.0 Å². The summed E-state index contributed by atoms with van der Waals surface area (Å²) in [7, 11) is 3.25. The second-order valence-electron chi connectivity index (χ2n) is 2.64. The van der Waals surface area contributed by atoms with E-state index in [0.717, 1.165) is 6.29 Å². The molecule has 2 rings (SSSR count). The van der Waals surface area contributed by atoms with Crippen LogP contribution in [0.4, 0.5) is 0 Å². The first-order valence-corrected chi connectivity index (χ1v) is 4.06. The van der Waals surface area contributed by atoms with Gasteiger partial charge in [-0.15, -0.1) is 0 Å². The highest BCUT2D eigenvalue weighted by Gasteiger charge is 2.12. The maximum Gasteiger partial charge on any atom is 0.231 e. The van der Waals surface area contributed by atoms with Gasteiger partial charge in [0.2, 0.25) is 6.79 Å². The van der Waals surface area contributed by atoms with E-state index in [4.69, 9.17) is 9.47 Å². The number of ether oxygens (including phenoxy) is 3. The van der Waals surface area contributed by atoms with Gasteiger partial charge in [-0.2, -0.15) is 0 Å². The molecule has 0 fully saturated rings. The highest BCUT2D eigenvalue weighted by Crippen LogP contribution is 2.31. The van der Waals surface area contributed by atoms with E-state index in [1.165, 1.54) is 0 Å². The normalized spacial score (nSPS) is 11.6. The third-order valence-electron chi connectivity index (χ3n) is 1.53. The molecule has 76 valence electrons. The molecule has 14 heavy (non-hydrogen) atoms. The van der Waals surface area contributed by atoms with E-state index in [0.29, 0.717) is 17.1 Å². The second kappa shape index (κ2) is 5.24. The highest BCUT2D eigenvalue weighted by atomic mass is 16.7.